The highest BCUT2D eigenvalue weighted by molar-refractivity contribution is 5.76. The zero-order valence-electron chi connectivity index (χ0n) is 7.35. The first-order valence-corrected chi connectivity index (χ1v) is 3.87. The van der Waals surface area contributed by atoms with E-state index < -0.39 is 30.8 Å². The second-order valence-electron chi connectivity index (χ2n) is 2.57. The van der Waals surface area contributed by atoms with Gasteiger partial charge in [0.25, 0.3) is 0 Å². The molecular weight excluding hydrogens is 197 g/mol. The minimum atomic E-state index is -1.38. The molecule has 0 aromatic heterocycles. The van der Waals surface area contributed by atoms with Crippen molar-refractivity contribution in [3.8, 4) is 0 Å². The summed E-state index contributed by atoms with van der Waals surface area (Å²) in [4.78, 5) is 20.8. The summed E-state index contributed by atoms with van der Waals surface area (Å²) >= 11 is 0. The van der Waals surface area contributed by atoms with E-state index in [1.54, 1.807) is 0 Å². The van der Waals surface area contributed by atoms with Gasteiger partial charge in [-0.25, -0.2) is 9.18 Å². The molecule has 4 N–H and O–H groups in total. The molecule has 6 nitrogen and oxygen atoms in total. The Kier molecular flexibility index (Phi) is 5.73. The van der Waals surface area contributed by atoms with Crippen LogP contribution in [0.5, 0.6) is 0 Å². The van der Waals surface area contributed by atoms with Gasteiger partial charge in [0.15, 0.2) is 6.10 Å². The van der Waals surface area contributed by atoms with E-state index >= 15 is 0 Å². The molecule has 14 heavy (non-hydrogen) atoms. The molecule has 82 valence electrons. The van der Waals surface area contributed by atoms with Gasteiger partial charge in [-0.15, -0.1) is 0 Å². The Morgan fingerprint density at radius 2 is 1.93 bits per heavy atom. The maximum absolute atomic E-state index is 11.6. The lowest BCUT2D eigenvalue weighted by Gasteiger charge is -2.14. The third-order valence-electron chi connectivity index (χ3n) is 1.46. The van der Waals surface area contributed by atoms with Crippen LogP contribution in [0, 0.1) is 0 Å². The van der Waals surface area contributed by atoms with Gasteiger partial charge in [-0.2, -0.15) is 0 Å². The average molecular weight is 209 g/mol. The summed E-state index contributed by atoms with van der Waals surface area (Å²) < 4.78 is 16.2. The zero-order chi connectivity index (χ0) is 11.1. The van der Waals surface area contributed by atoms with E-state index in [0.717, 1.165) is 0 Å². The van der Waals surface area contributed by atoms with Gasteiger partial charge in [0, 0.05) is 6.42 Å². The smallest absolute Gasteiger partial charge is 0.332 e. The number of hydrogen-bond donors (Lipinski definition) is 3. The Labute approximate surface area is 79.5 Å². The zero-order valence-corrected chi connectivity index (χ0v) is 7.35. The molecule has 0 saturated carbocycles. The molecule has 1 unspecified atom stereocenters. The van der Waals surface area contributed by atoms with Gasteiger partial charge in [-0.3, -0.25) is 4.79 Å². The molecule has 0 aliphatic heterocycles. The number of aliphatic carboxylic acids is 2. The number of carbonyl (C=O) groups is 2. The van der Waals surface area contributed by atoms with Crippen molar-refractivity contribution in [2.24, 2.45) is 5.73 Å². The molecule has 0 aromatic carbocycles. The summed E-state index contributed by atoms with van der Waals surface area (Å²) in [6, 6.07) is -1.32. The van der Waals surface area contributed by atoms with Crippen LogP contribution in [0.15, 0.2) is 0 Å². The van der Waals surface area contributed by atoms with Crippen molar-refractivity contribution in [3.63, 3.8) is 0 Å². The lowest BCUT2D eigenvalue weighted by atomic mass is 10.1. The van der Waals surface area contributed by atoms with E-state index in [4.69, 9.17) is 15.9 Å². The van der Waals surface area contributed by atoms with Crippen LogP contribution in [0.4, 0.5) is 4.39 Å². The summed E-state index contributed by atoms with van der Waals surface area (Å²) in [5.41, 5.74) is 5.09. The molecular formula is C7H12FNO5. The maximum Gasteiger partial charge on any atom is 0.332 e. The lowest BCUT2D eigenvalue weighted by molar-refractivity contribution is -0.152. The highest BCUT2D eigenvalue weighted by Crippen LogP contribution is 2.02. The van der Waals surface area contributed by atoms with Crippen molar-refractivity contribution >= 4 is 11.9 Å². The van der Waals surface area contributed by atoms with Crippen molar-refractivity contribution < 1.29 is 28.9 Å². The molecule has 0 heterocycles. The quantitative estimate of drug-likeness (QED) is 0.507. The van der Waals surface area contributed by atoms with Crippen LogP contribution in [0.3, 0.4) is 0 Å². The van der Waals surface area contributed by atoms with Gasteiger partial charge in [-0.05, 0) is 0 Å². The SMILES string of the molecule is N[C@@H](CC(OCCF)C(=O)O)C(=O)O. The van der Waals surface area contributed by atoms with Crippen LogP contribution in [-0.2, 0) is 14.3 Å². The molecule has 0 amide bonds. The van der Waals surface area contributed by atoms with Gasteiger partial charge < -0.3 is 20.7 Å². The molecule has 0 bridgehead atoms. The van der Waals surface area contributed by atoms with E-state index in [1.807, 2.05) is 0 Å². The number of carboxylic acid groups (broad SMARTS) is 2. The Morgan fingerprint density at radius 1 is 1.36 bits per heavy atom. The second kappa shape index (κ2) is 6.28. The van der Waals surface area contributed by atoms with Gasteiger partial charge in [0.1, 0.15) is 12.7 Å². The van der Waals surface area contributed by atoms with Crippen molar-refractivity contribution in [2.45, 2.75) is 18.6 Å². The molecule has 0 aliphatic carbocycles. The van der Waals surface area contributed by atoms with Gasteiger partial charge in [0.05, 0.1) is 6.61 Å². The predicted octanol–water partition coefficient (Wildman–Crippen LogP) is -0.772. The van der Waals surface area contributed by atoms with Crippen molar-refractivity contribution in [1.29, 1.82) is 0 Å². The molecule has 0 aliphatic rings. The third-order valence-corrected chi connectivity index (χ3v) is 1.46. The van der Waals surface area contributed by atoms with Crippen LogP contribution < -0.4 is 5.73 Å². The summed E-state index contributed by atoms with van der Waals surface area (Å²) in [7, 11) is 0. The maximum atomic E-state index is 11.6. The van der Waals surface area contributed by atoms with Crippen molar-refractivity contribution in [3.05, 3.63) is 0 Å². The number of carboxylic acids is 2. The molecule has 0 saturated heterocycles. The topological polar surface area (TPSA) is 110 Å². The molecule has 0 radical (unpaired) electrons. The fourth-order valence-corrected chi connectivity index (χ4v) is 0.758. The Balaban J connectivity index is 4.08. The summed E-state index contributed by atoms with van der Waals surface area (Å²) in [5.74, 6) is -2.67. The first-order valence-electron chi connectivity index (χ1n) is 3.87. The fraction of sp³-hybridized carbons (Fsp3) is 0.714. The van der Waals surface area contributed by atoms with Crippen molar-refractivity contribution in [1.82, 2.24) is 0 Å². The minimum Gasteiger partial charge on any atom is -0.480 e. The van der Waals surface area contributed by atoms with Crippen LogP contribution >= 0.6 is 0 Å². The van der Waals surface area contributed by atoms with Gasteiger partial charge in [-0.1, -0.05) is 0 Å². The summed E-state index contributed by atoms with van der Waals surface area (Å²) in [5, 5.41) is 16.9. The van der Waals surface area contributed by atoms with Crippen LogP contribution in [0.25, 0.3) is 0 Å². The molecule has 2 atom stereocenters. The fourth-order valence-electron chi connectivity index (χ4n) is 0.758. The standard InChI is InChI=1S/C7H12FNO5/c8-1-2-14-5(7(12)13)3-4(9)6(10)11/h4-5H,1-3,9H2,(H,10,11)(H,12,13)/t4-,5?/m0/s1. The molecule has 0 spiro atoms. The average Bonchev–Trinajstić information content (AvgIpc) is 2.10. The van der Waals surface area contributed by atoms with E-state index in [-0.39, 0.29) is 13.0 Å². The molecule has 0 fully saturated rings. The summed E-state index contributed by atoms with van der Waals surface area (Å²) in [6.45, 7) is -1.21. The molecule has 0 aromatic rings. The number of alkyl halides is 1. The monoisotopic (exact) mass is 209 g/mol. The lowest BCUT2D eigenvalue weighted by Crippen LogP contribution is -2.38. The highest BCUT2D eigenvalue weighted by Gasteiger charge is 2.24. The number of ether oxygens (including phenoxy) is 1. The van der Waals surface area contributed by atoms with E-state index in [9.17, 15) is 14.0 Å². The number of nitrogens with two attached hydrogens (primary N) is 1. The predicted molar refractivity (Wildman–Crippen MR) is 43.6 cm³/mol. The van der Waals surface area contributed by atoms with Crippen LogP contribution in [0.1, 0.15) is 6.42 Å². The normalized spacial score (nSPS) is 14.7. The molecule has 0 rings (SSSR count). The van der Waals surface area contributed by atoms with Gasteiger partial charge >= 0.3 is 11.9 Å². The van der Waals surface area contributed by atoms with E-state index in [2.05, 4.69) is 4.74 Å². The second-order valence-corrected chi connectivity index (χ2v) is 2.57. The van der Waals surface area contributed by atoms with E-state index in [1.165, 1.54) is 0 Å². The Morgan fingerprint density at radius 3 is 2.29 bits per heavy atom. The van der Waals surface area contributed by atoms with E-state index in [0.29, 0.717) is 0 Å². The van der Waals surface area contributed by atoms with Crippen LogP contribution in [0.2, 0.25) is 0 Å². The highest BCUT2D eigenvalue weighted by atomic mass is 19.1. The molecule has 7 heteroatoms. The number of halogens is 1. The minimum absolute atomic E-state index is 0.384. The Hall–Kier alpha value is -1.21. The number of rotatable bonds is 7. The third kappa shape index (κ3) is 4.73. The van der Waals surface area contributed by atoms with Crippen molar-refractivity contribution in [2.75, 3.05) is 13.3 Å². The first kappa shape index (κ1) is 12.8. The van der Waals surface area contributed by atoms with Crippen LogP contribution in [-0.4, -0.2) is 47.6 Å². The number of hydrogen-bond acceptors (Lipinski definition) is 4. The Bertz CT molecular complexity index is 210. The summed E-state index contributed by atoms with van der Waals surface area (Å²) in [6.07, 6.45) is -1.76. The first-order chi connectivity index (χ1) is 6.49. The largest absolute Gasteiger partial charge is 0.480 e. The van der Waals surface area contributed by atoms with Gasteiger partial charge in [0.2, 0.25) is 0 Å².